The SMILES string of the molecule is CCCOc1ccc(NC(=O)Cc2c[nH]c3ccccc23)cc1OCCC. The maximum Gasteiger partial charge on any atom is 0.228 e. The standard InChI is InChI=1S/C22H26N2O3/c1-3-11-26-20-10-9-17(14-21(20)27-12-4-2)24-22(25)13-16-15-23-19-8-6-5-7-18(16)19/h5-10,14-15,23H,3-4,11-13H2,1-2H3,(H,24,25). The Morgan fingerprint density at radius 2 is 1.74 bits per heavy atom. The summed E-state index contributed by atoms with van der Waals surface area (Å²) in [7, 11) is 0. The Morgan fingerprint density at radius 3 is 2.52 bits per heavy atom. The third kappa shape index (κ3) is 4.82. The molecule has 3 rings (SSSR count). The van der Waals surface area contributed by atoms with Crippen LogP contribution in [0.5, 0.6) is 11.5 Å². The molecule has 3 aromatic rings. The number of hydrogen-bond donors (Lipinski definition) is 2. The summed E-state index contributed by atoms with van der Waals surface area (Å²) in [5.41, 5.74) is 2.72. The molecule has 1 amide bonds. The summed E-state index contributed by atoms with van der Waals surface area (Å²) in [5.74, 6) is 1.30. The topological polar surface area (TPSA) is 63.3 Å². The van der Waals surface area contributed by atoms with Gasteiger partial charge in [0.2, 0.25) is 5.91 Å². The van der Waals surface area contributed by atoms with Crippen LogP contribution in [0.3, 0.4) is 0 Å². The van der Waals surface area contributed by atoms with Crippen LogP contribution < -0.4 is 14.8 Å². The van der Waals surface area contributed by atoms with E-state index in [0.29, 0.717) is 36.8 Å². The van der Waals surface area contributed by atoms with Crippen molar-refractivity contribution >= 4 is 22.5 Å². The lowest BCUT2D eigenvalue weighted by Gasteiger charge is -2.14. The first kappa shape index (κ1) is 18.8. The zero-order chi connectivity index (χ0) is 19.1. The fraction of sp³-hybridized carbons (Fsp3) is 0.318. The maximum atomic E-state index is 12.5. The molecule has 5 heteroatoms. The lowest BCUT2D eigenvalue weighted by Crippen LogP contribution is -2.14. The summed E-state index contributed by atoms with van der Waals surface area (Å²) in [6, 6.07) is 13.5. The lowest BCUT2D eigenvalue weighted by atomic mass is 10.1. The van der Waals surface area contributed by atoms with Crippen molar-refractivity contribution in [3.8, 4) is 11.5 Å². The monoisotopic (exact) mass is 366 g/mol. The van der Waals surface area contributed by atoms with E-state index in [2.05, 4.69) is 24.1 Å². The summed E-state index contributed by atoms with van der Waals surface area (Å²) in [5, 5.41) is 4.03. The van der Waals surface area contributed by atoms with Gasteiger partial charge in [0.05, 0.1) is 19.6 Å². The van der Waals surface area contributed by atoms with Gasteiger partial charge in [-0.3, -0.25) is 4.79 Å². The van der Waals surface area contributed by atoms with Gasteiger partial charge in [-0.15, -0.1) is 0 Å². The van der Waals surface area contributed by atoms with Crippen molar-refractivity contribution in [3.63, 3.8) is 0 Å². The smallest absolute Gasteiger partial charge is 0.228 e. The number of anilines is 1. The summed E-state index contributed by atoms with van der Waals surface area (Å²) in [4.78, 5) is 15.7. The zero-order valence-corrected chi connectivity index (χ0v) is 15.9. The van der Waals surface area contributed by atoms with Gasteiger partial charge < -0.3 is 19.8 Å². The Balaban J connectivity index is 1.71. The summed E-state index contributed by atoms with van der Waals surface area (Å²) in [6.45, 7) is 5.36. The highest BCUT2D eigenvalue weighted by Crippen LogP contribution is 2.31. The second kappa shape index (κ2) is 9.12. The van der Waals surface area contributed by atoms with Crippen molar-refractivity contribution in [2.24, 2.45) is 0 Å². The maximum absolute atomic E-state index is 12.5. The number of nitrogens with one attached hydrogen (secondary N) is 2. The molecule has 2 N–H and O–H groups in total. The predicted octanol–water partition coefficient (Wildman–Crippen LogP) is 4.93. The molecule has 1 aromatic heterocycles. The summed E-state index contributed by atoms with van der Waals surface area (Å²) >= 11 is 0. The number of aromatic nitrogens is 1. The van der Waals surface area contributed by atoms with E-state index in [0.717, 1.165) is 29.3 Å². The summed E-state index contributed by atoms with van der Waals surface area (Å²) < 4.78 is 11.5. The van der Waals surface area contributed by atoms with Gasteiger partial charge >= 0.3 is 0 Å². The molecule has 0 spiro atoms. The van der Waals surface area contributed by atoms with E-state index in [9.17, 15) is 4.79 Å². The number of para-hydroxylation sites is 1. The molecule has 0 unspecified atom stereocenters. The highest BCUT2D eigenvalue weighted by Gasteiger charge is 2.11. The third-order valence-corrected chi connectivity index (χ3v) is 4.18. The van der Waals surface area contributed by atoms with E-state index in [-0.39, 0.29) is 5.91 Å². The Hall–Kier alpha value is -2.95. The highest BCUT2D eigenvalue weighted by molar-refractivity contribution is 5.96. The van der Waals surface area contributed by atoms with E-state index in [1.54, 1.807) is 0 Å². The van der Waals surface area contributed by atoms with Crippen LogP contribution >= 0.6 is 0 Å². The first-order valence-electron chi connectivity index (χ1n) is 9.45. The highest BCUT2D eigenvalue weighted by atomic mass is 16.5. The minimum absolute atomic E-state index is 0.0663. The van der Waals surface area contributed by atoms with E-state index in [1.165, 1.54) is 0 Å². The van der Waals surface area contributed by atoms with Crippen molar-refractivity contribution < 1.29 is 14.3 Å². The van der Waals surface area contributed by atoms with E-state index >= 15 is 0 Å². The number of carbonyl (C=O) groups excluding carboxylic acids is 1. The van der Waals surface area contributed by atoms with Gasteiger partial charge in [-0.05, 0) is 36.6 Å². The molecule has 0 aliphatic rings. The van der Waals surface area contributed by atoms with Crippen LogP contribution in [0.4, 0.5) is 5.69 Å². The van der Waals surface area contributed by atoms with Crippen LogP contribution in [-0.2, 0) is 11.2 Å². The Morgan fingerprint density at radius 1 is 1.00 bits per heavy atom. The van der Waals surface area contributed by atoms with Gasteiger partial charge in [-0.25, -0.2) is 0 Å². The minimum atomic E-state index is -0.0663. The molecule has 5 nitrogen and oxygen atoms in total. The van der Waals surface area contributed by atoms with Crippen molar-refractivity contribution in [2.45, 2.75) is 33.1 Å². The average Bonchev–Trinajstić information content (AvgIpc) is 3.08. The van der Waals surface area contributed by atoms with Crippen molar-refractivity contribution in [1.82, 2.24) is 4.98 Å². The number of carbonyl (C=O) groups is 1. The number of benzene rings is 2. The molecule has 2 aromatic carbocycles. The zero-order valence-electron chi connectivity index (χ0n) is 15.9. The molecule has 27 heavy (non-hydrogen) atoms. The van der Waals surface area contributed by atoms with Gasteiger partial charge in [0, 0.05) is 28.9 Å². The molecule has 0 bridgehead atoms. The molecule has 142 valence electrons. The third-order valence-electron chi connectivity index (χ3n) is 4.18. The Labute approximate surface area is 159 Å². The van der Waals surface area contributed by atoms with E-state index in [4.69, 9.17) is 9.47 Å². The quantitative estimate of drug-likeness (QED) is 0.564. The number of H-pyrrole nitrogens is 1. The van der Waals surface area contributed by atoms with Crippen molar-refractivity contribution in [1.29, 1.82) is 0 Å². The Kier molecular flexibility index (Phi) is 6.36. The minimum Gasteiger partial charge on any atom is -0.490 e. The van der Waals surface area contributed by atoms with Crippen LogP contribution in [0.25, 0.3) is 10.9 Å². The fourth-order valence-electron chi connectivity index (χ4n) is 2.90. The normalized spacial score (nSPS) is 10.7. The predicted molar refractivity (Wildman–Crippen MR) is 109 cm³/mol. The molecule has 0 aliphatic heterocycles. The van der Waals surface area contributed by atoms with Crippen LogP contribution in [-0.4, -0.2) is 24.1 Å². The molecule has 0 atom stereocenters. The van der Waals surface area contributed by atoms with Gasteiger partial charge in [0.1, 0.15) is 0 Å². The van der Waals surface area contributed by atoms with Crippen LogP contribution in [0, 0.1) is 0 Å². The number of ether oxygens (including phenoxy) is 2. The number of aromatic amines is 1. The number of fused-ring (bicyclic) bond motifs is 1. The second-order valence-electron chi connectivity index (χ2n) is 6.44. The molecule has 0 fully saturated rings. The van der Waals surface area contributed by atoms with Crippen LogP contribution in [0.1, 0.15) is 32.3 Å². The Bertz CT molecular complexity index is 901. The molecule has 0 saturated carbocycles. The number of hydrogen-bond acceptors (Lipinski definition) is 3. The van der Waals surface area contributed by atoms with Gasteiger partial charge in [0.15, 0.2) is 11.5 Å². The largest absolute Gasteiger partial charge is 0.490 e. The molecule has 0 radical (unpaired) electrons. The summed E-state index contributed by atoms with van der Waals surface area (Å²) in [6.07, 6.45) is 4.03. The van der Waals surface area contributed by atoms with Crippen LogP contribution in [0.15, 0.2) is 48.7 Å². The van der Waals surface area contributed by atoms with Gasteiger partial charge in [-0.2, -0.15) is 0 Å². The molecule has 1 heterocycles. The lowest BCUT2D eigenvalue weighted by molar-refractivity contribution is -0.115. The van der Waals surface area contributed by atoms with E-state index < -0.39 is 0 Å². The van der Waals surface area contributed by atoms with Crippen molar-refractivity contribution in [3.05, 3.63) is 54.2 Å². The van der Waals surface area contributed by atoms with Gasteiger partial charge in [0.25, 0.3) is 0 Å². The number of rotatable bonds is 9. The number of amides is 1. The van der Waals surface area contributed by atoms with Gasteiger partial charge in [-0.1, -0.05) is 32.0 Å². The first-order chi connectivity index (χ1) is 13.2. The first-order valence-corrected chi connectivity index (χ1v) is 9.45. The molecular formula is C22H26N2O3. The molecule has 0 saturated heterocycles. The van der Waals surface area contributed by atoms with Crippen LogP contribution in [0.2, 0.25) is 0 Å². The second-order valence-corrected chi connectivity index (χ2v) is 6.44. The molecular weight excluding hydrogens is 340 g/mol. The molecule has 0 aliphatic carbocycles. The van der Waals surface area contributed by atoms with Crippen molar-refractivity contribution in [2.75, 3.05) is 18.5 Å². The average molecular weight is 366 g/mol. The fourth-order valence-corrected chi connectivity index (χ4v) is 2.90. The van der Waals surface area contributed by atoms with E-state index in [1.807, 2.05) is 48.7 Å².